The molecule has 4 aromatic heterocycles. The second-order valence-corrected chi connectivity index (χ2v) is 15.0. The lowest BCUT2D eigenvalue weighted by atomic mass is 9.86. The van der Waals surface area contributed by atoms with Gasteiger partial charge in [-0.1, -0.05) is 48.5 Å². The third-order valence-electron chi connectivity index (χ3n) is 11.4. The average molecular weight is 731 g/mol. The highest BCUT2D eigenvalue weighted by Crippen LogP contribution is 2.43. The van der Waals surface area contributed by atoms with Crippen LogP contribution in [0.25, 0.3) is 98.7 Å². The van der Waals surface area contributed by atoms with Crippen LogP contribution < -0.4 is 0 Å². The molecule has 0 aliphatic heterocycles. The SMILES string of the molecule is Cc1ccncc1-c1cc(-c2cnccc2C)cc(-c2cc3c4cccc(c4)c4ccncc4c4cc(-c5cnccc5C)cc(c4)c3cc2-c2ccccc2)c1. The van der Waals surface area contributed by atoms with Crippen molar-refractivity contribution in [2.24, 2.45) is 0 Å². The summed E-state index contributed by atoms with van der Waals surface area (Å²) in [6.45, 7) is 6.46. The summed E-state index contributed by atoms with van der Waals surface area (Å²) in [4.78, 5) is 18.3. The molecule has 10 rings (SSSR count). The van der Waals surface area contributed by atoms with Gasteiger partial charge in [-0.25, -0.2) is 0 Å². The lowest BCUT2D eigenvalue weighted by molar-refractivity contribution is 1.28. The molecule has 57 heavy (non-hydrogen) atoms. The largest absolute Gasteiger partial charge is 0.264 e. The maximum atomic E-state index is 4.63. The molecular formula is C53H38N4. The summed E-state index contributed by atoms with van der Waals surface area (Å²) in [7, 11) is 0. The van der Waals surface area contributed by atoms with E-state index in [4.69, 9.17) is 0 Å². The summed E-state index contributed by atoms with van der Waals surface area (Å²) in [6.07, 6.45) is 15.4. The lowest BCUT2D eigenvalue weighted by Crippen LogP contribution is -1.93. The highest BCUT2D eigenvalue weighted by molar-refractivity contribution is 6.16. The van der Waals surface area contributed by atoms with E-state index in [0.29, 0.717) is 0 Å². The molecule has 4 heterocycles. The summed E-state index contributed by atoms with van der Waals surface area (Å²) in [5.41, 5.74) is 14.8. The highest BCUT2D eigenvalue weighted by atomic mass is 14.6. The normalized spacial score (nSPS) is 11.4. The van der Waals surface area contributed by atoms with E-state index in [0.717, 1.165) is 98.7 Å². The Morgan fingerprint density at radius 1 is 0.281 bits per heavy atom. The molecule has 0 atom stereocenters. The zero-order valence-electron chi connectivity index (χ0n) is 32.0. The predicted molar refractivity (Wildman–Crippen MR) is 238 cm³/mol. The Labute approximate surface area is 331 Å². The van der Waals surface area contributed by atoms with Gasteiger partial charge >= 0.3 is 0 Å². The molecule has 0 unspecified atom stereocenters. The van der Waals surface area contributed by atoms with Crippen LogP contribution in [0.15, 0.2) is 177 Å². The fourth-order valence-electron chi connectivity index (χ4n) is 8.39. The molecule has 10 aromatic rings. The van der Waals surface area contributed by atoms with Crippen LogP contribution in [0.3, 0.4) is 0 Å². The van der Waals surface area contributed by atoms with Gasteiger partial charge in [0.1, 0.15) is 0 Å². The van der Waals surface area contributed by atoms with E-state index < -0.39 is 0 Å². The fourth-order valence-corrected chi connectivity index (χ4v) is 8.39. The number of fused-ring (bicyclic) bond motifs is 10. The molecule has 0 N–H and O–H groups in total. The minimum atomic E-state index is 1.10. The molecule has 0 spiro atoms. The fraction of sp³-hybridized carbons (Fsp3) is 0.0566. The molecule has 0 amide bonds. The van der Waals surface area contributed by atoms with Crippen LogP contribution in [-0.4, -0.2) is 19.9 Å². The van der Waals surface area contributed by atoms with Crippen molar-refractivity contribution >= 4 is 43.1 Å². The highest BCUT2D eigenvalue weighted by Gasteiger charge is 2.17. The van der Waals surface area contributed by atoms with Gasteiger partial charge in [0.25, 0.3) is 0 Å². The van der Waals surface area contributed by atoms with Crippen molar-refractivity contribution < 1.29 is 0 Å². The van der Waals surface area contributed by atoms with Crippen molar-refractivity contribution in [3.63, 3.8) is 0 Å². The van der Waals surface area contributed by atoms with Crippen LogP contribution in [0.4, 0.5) is 0 Å². The first-order valence-electron chi connectivity index (χ1n) is 19.3. The molecule has 4 heteroatoms. The van der Waals surface area contributed by atoms with Crippen molar-refractivity contribution in [2.75, 3.05) is 0 Å². The third kappa shape index (κ3) is 6.22. The van der Waals surface area contributed by atoms with Crippen molar-refractivity contribution in [3.05, 3.63) is 194 Å². The molecule has 0 aliphatic carbocycles. The Bertz CT molecular complexity index is 3160. The third-order valence-corrected chi connectivity index (χ3v) is 11.4. The smallest absolute Gasteiger partial charge is 0.0352 e. The number of aryl methyl sites for hydroxylation is 3. The molecule has 0 saturated heterocycles. The molecule has 4 bridgehead atoms. The van der Waals surface area contributed by atoms with Gasteiger partial charge in [-0.3, -0.25) is 19.9 Å². The first kappa shape index (κ1) is 34.2. The van der Waals surface area contributed by atoms with E-state index in [1.165, 1.54) is 16.7 Å². The predicted octanol–water partition coefficient (Wildman–Crippen LogP) is 13.7. The van der Waals surface area contributed by atoms with Crippen LogP contribution in [0.5, 0.6) is 0 Å². The lowest BCUT2D eigenvalue weighted by Gasteiger charge is -2.18. The van der Waals surface area contributed by atoms with Crippen LogP contribution in [-0.2, 0) is 0 Å². The topological polar surface area (TPSA) is 51.6 Å². The summed E-state index contributed by atoms with van der Waals surface area (Å²) >= 11 is 0. The Morgan fingerprint density at radius 2 is 0.719 bits per heavy atom. The quantitative estimate of drug-likeness (QED) is 0.177. The molecule has 0 fully saturated rings. The van der Waals surface area contributed by atoms with Gasteiger partial charge in [-0.15, -0.1) is 0 Å². The molecular weight excluding hydrogens is 693 g/mol. The second-order valence-electron chi connectivity index (χ2n) is 15.0. The van der Waals surface area contributed by atoms with Gasteiger partial charge in [0.2, 0.25) is 0 Å². The van der Waals surface area contributed by atoms with E-state index in [1.54, 1.807) is 0 Å². The van der Waals surface area contributed by atoms with Crippen LogP contribution in [0, 0.1) is 20.8 Å². The van der Waals surface area contributed by atoms with Crippen molar-refractivity contribution in [3.8, 4) is 55.6 Å². The van der Waals surface area contributed by atoms with E-state index in [2.05, 4.69) is 168 Å². The van der Waals surface area contributed by atoms with Gasteiger partial charge < -0.3 is 0 Å². The second kappa shape index (κ2) is 14.1. The number of hydrogen-bond acceptors (Lipinski definition) is 4. The van der Waals surface area contributed by atoms with Crippen molar-refractivity contribution in [2.45, 2.75) is 20.8 Å². The number of pyridine rings is 4. The number of nitrogens with zero attached hydrogens (tertiary/aromatic N) is 4. The standard InChI is InChI=1S/C53H38N4/c1-33-12-16-54-29-50(33)41-21-39(22-42(25-41)51-30-55-17-13-34(51)2)48-28-47-38-11-7-10-37(20-38)45-15-19-57-32-53(45)44-24-40(23-43(26-44)52-31-56-18-14-35(52)3)49(47)27-46(48)36-8-5-4-6-9-36/h4-32H,1-3H3. The first-order chi connectivity index (χ1) is 28.0. The maximum absolute atomic E-state index is 4.63. The van der Waals surface area contributed by atoms with Crippen molar-refractivity contribution in [1.29, 1.82) is 0 Å². The Morgan fingerprint density at radius 3 is 1.30 bits per heavy atom. The minimum absolute atomic E-state index is 1.10. The maximum Gasteiger partial charge on any atom is 0.0352 e. The van der Waals surface area contributed by atoms with Crippen LogP contribution >= 0.6 is 0 Å². The van der Waals surface area contributed by atoms with Gasteiger partial charge in [-0.05, 0) is 193 Å². The van der Waals surface area contributed by atoms with Gasteiger partial charge in [0, 0.05) is 71.7 Å². The van der Waals surface area contributed by atoms with Crippen molar-refractivity contribution in [1.82, 2.24) is 19.9 Å². The summed E-state index contributed by atoms with van der Waals surface area (Å²) in [5.74, 6) is 0. The van der Waals surface area contributed by atoms with E-state index in [9.17, 15) is 0 Å². The minimum Gasteiger partial charge on any atom is -0.264 e. The monoisotopic (exact) mass is 730 g/mol. The Balaban J connectivity index is 1.38. The van der Waals surface area contributed by atoms with Crippen LogP contribution in [0.2, 0.25) is 0 Å². The number of benzene rings is 5. The Kier molecular flexibility index (Phi) is 8.45. The summed E-state index contributed by atoms with van der Waals surface area (Å²) in [5, 5.41) is 9.14. The molecule has 270 valence electrons. The molecule has 4 nitrogen and oxygen atoms in total. The van der Waals surface area contributed by atoms with E-state index in [-0.39, 0.29) is 0 Å². The van der Waals surface area contributed by atoms with E-state index >= 15 is 0 Å². The van der Waals surface area contributed by atoms with Gasteiger partial charge in [-0.2, -0.15) is 0 Å². The molecule has 6 aromatic carbocycles. The van der Waals surface area contributed by atoms with E-state index in [1.807, 2.05) is 49.6 Å². The zero-order chi connectivity index (χ0) is 38.5. The zero-order valence-corrected chi connectivity index (χ0v) is 32.0. The van der Waals surface area contributed by atoms with Gasteiger partial charge in [0.15, 0.2) is 0 Å². The molecule has 0 radical (unpaired) electrons. The number of rotatable bonds is 5. The molecule has 0 saturated carbocycles. The first-order valence-corrected chi connectivity index (χ1v) is 19.3. The van der Waals surface area contributed by atoms with Gasteiger partial charge in [0.05, 0.1) is 0 Å². The average Bonchev–Trinajstić information content (AvgIpc) is 3.26. The Hall–Kier alpha value is -7.30. The summed E-state index contributed by atoms with van der Waals surface area (Å²) < 4.78 is 0. The number of aromatic nitrogens is 4. The van der Waals surface area contributed by atoms with Crippen LogP contribution in [0.1, 0.15) is 16.7 Å². The molecule has 0 aliphatic rings. The number of hydrogen-bond donors (Lipinski definition) is 0. The summed E-state index contributed by atoms with van der Waals surface area (Å²) in [6, 6.07) is 46.9.